The molecule has 5 heteroatoms. The van der Waals surface area contributed by atoms with Gasteiger partial charge in [-0.15, -0.1) is 11.3 Å². The summed E-state index contributed by atoms with van der Waals surface area (Å²) in [5, 5.41) is 14.0. The van der Waals surface area contributed by atoms with Crippen LogP contribution in [-0.4, -0.2) is 23.6 Å². The minimum Gasteiger partial charge on any atom is -0.386 e. The molecule has 1 amide bonds. The van der Waals surface area contributed by atoms with E-state index in [4.69, 9.17) is 5.73 Å². The number of nitrogens with two attached hydrogens (primary N) is 1. The topological polar surface area (TPSA) is 75.4 Å². The summed E-state index contributed by atoms with van der Waals surface area (Å²) < 4.78 is 1.13. The lowest BCUT2D eigenvalue weighted by Crippen LogP contribution is -2.41. The monoisotopic (exact) mass is 292 g/mol. The summed E-state index contributed by atoms with van der Waals surface area (Å²) >= 11 is 1.54. The molecule has 0 saturated heterocycles. The average molecular weight is 292 g/mol. The maximum atomic E-state index is 11.7. The van der Waals surface area contributed by atoms with Crippen molar-refractivity contribution in [3.8, 4) is 0 Å². The molecule has 2 rings (SSSR count). The highest BCUT2D eigenvalue weighted by molar-refractivity contribution is 7.19. The minimum atomic E-state index is -0.690. The van der Waals surface area contributed by atoms with E-state index in [2.05, 4.69) is 5.32 Å². The van der Waals surface area contributed by atoms with Gasteiger partial charge >= 0.3 is 0 Å². The Bertz CT molecular complexity index is 549. The molecular weight excluding hydrogens is 272 g/mol. The lowest BCUT2D eigenvalue weighted by atomic mass is 10.1. The fourth-order valence-corrected chi connectivity index (χ4v) is 3.09. The van der Waals surface area contributed by atoms with Crippen molar-refractivity contribution in [1.82, 2.24) is 5.32 Å². The molecule has 2 aromatic rings. The molecule has 1 heterocycles. The van der Waals surface area contributed by atoms with Crippen LogP contribution in [0.15, 0.2) is 30.3 Å². The maximum Gasteiger partial charge on any atom is 0.237 e. The second kappa shape index (κ2) is 6.83. The number of nitrogens with one attached hydrogen (secondary N) is 1. The number of thiophene rings is 1. The van der Waals surface area contributed by atoms with Crippen LogP contribution in [0.4, 0.5) is 0 Å². The molecule has 1 aromatic carbocycles. The minimum absolute atomic E-state index is 0.197. The van der Waals surface area contributed by atoms with Gasteiger partial charge in [0.1, 0.15) is 6.10 Å². The number of rotatable bonds is 6. The Morgan fingerprint density at radius 2 is 2.20 bits per heavy atom. The van der Waals surface area contributed by atoms with E-state index >= 15 is 0 Å². The number of hydrogen-bond donors (Lipinski definition) is 3. The summed E-state index contributed by atoms with van der Waals surface area (Å²) in [6.07, 6.45) is 0.836. The van der Waals surface area contributed by atoms with Gasteiger partial charge in [0.2, 0.25) is 5.91 Å². The van der Waals surface area contributed by atoms with Crippen molar-refractivity contribution in [2.24, 2.45) is 5.73 Å². The molecule has 2 unspecified atom stereocenters. The predicted molar refractivity (Wildman–Crippen MR) is 82.7 cm³/mol. The van der Waals surface area contributed by atoms with Gasteiger partial charge in [-0.2, -0.15) is 0 Å². The normalized spacial score (nSPS) is 14.2. The van der Waals surface area contributed by atoms with Crippen molar-refractivity contribution in [1.29, 1.82) is 0 Å². The van der Waals surface area contributed by atoms with Crippen LogP contribution >= 0.6 is 11.3 Å². The SMILES string of the molecule is CCCC(N)C(=O)NCC(O)c1cc2ccccc2s1. The van der Waals surface area contributed by atoms with Gasteiger partial charge < -0.3 is 16.2 Å². The number of carbonyl (C=O) groups excluding carboxylic acids is 1. The Kier molecular flexibility index (Phi) is 5.11. The first-order chi connectivity index (χ1) is 9.61. The Balaban J connectivity index is 1.94. The van der Waals surface area contributed by atoms with E-state index in [1.165, 1.54) is 0 Å². The number of benzene rings is 1. The van der Waals surface area contributed by atoms with Crippen LogP contribution in [0.25, 0.3) is 10.1 Å². The summed E-state index contributed by atoms with van der Waals surface area (Å²) in [4.78, 5) is 12.6. The van der Waals surface area contributed by atoms with Crippen LogP contribution in [0.5, 0.6) is 0 Å². The molecule has 0 radical (unpaired) electrons. The fourth-order valence-electron chi connectivity index (χ4n) is 2.04. The molecule has 0 bridgehead atoms. The number of carbonyl (C=O) groups is 1. The van der Waals surface area contributed by atoms with Crippen LogP contribution in [0.3, 0.4) is 0 Å². The quantitative estimate of drug-likeness (QED) is 0.764. The molecule has 0 aliphatic carbocycles. The summed E-state index contributed by atoms with van der Waals surface area (Å²) in [5.74, 6) is -0.202. The highest BCUT2D eigenvalue weighted by Gasteiger charge is 2.16. The second-order valence-electron chi connectivity index (χ2n) is 4.84. The zero-order valence-corrected chi connectivity index (χ0v) is 12.3. The van der Waals surface area contributed by atoms with Crippen molar-refractivity contribution in [3.63, 3.8) is 0 Å². The first kappa shape index (κ1) is 15.0. The van der Waals surface area contributed by atoms with Crippen LogP contribution in [-0.2, 0) is 4.79 Å². The Hall–Kier alpha value is -1.43. The zero-order valence-electron chi connectivity index (χ0n) is 11.5. The lowest BCUT2D eigenvalue weighted by molar-refractivity contribution is -0.122. The number of hydrogen-bond acceptors (Lipinski definition) is 4. The van der Waals surface area contributed by atoms with E-state index in [0.29, 0.717) is 6.42 Å². The molecule has 0 fully saturated rings. The van der Waals surface area contributed by atoms with Crippen LogP contribution in [0, 0.1) is 0 Å². The van der Waals surface area contributed by atoms with Crippen LogP contribution < -0.4 is 11.1 Å². The first-order valence-corrected chi connectivity index (χ1v) is 7.63. The fraction of sp³-hybridized carbons (Fsp3) is 0.400. The van der Waals surface area contributed by atoms with E-state index in [0.717, 1.165) is 21.4 Å². The standard InChI is InChI=1S/C15H20N2O2S/c1-2-5-11(16)15(19)17-9-12(18)14-8-10-6-3-4-7-13(10)20-14/h3-4,6-8,11-12,18H,2,5,9,16H2,1H3,(H,17,19). The number of amides is 1. The maximum absolute atomic E-state index is 11.7. The van der Waals surface area contributed by atoms with Crippen LogP contribution in [0.2, 0.25) is 0 Å². The van der Waals surface area contributed by atoms with Crippen molar-refractivity contribution >= 4 is 27.3 Å². The van der Waals surface area contributed by atoms with E-state index < -0.39 is 12.1 Å². The third-order valence-electron chi connectivity index (χ3n) is 3.18. The van der Waals surface area contributed by atoms with Gasteiger partial charge in [-0.3, -0.25) is 4.79 Å². The molecule has 2 atom stereocenters. The van der Waals surface area contributed by atoms with E-state index in [1.54, 1.807) is 11.3 Å². The highest BCUT2D eigenvalue weighted by atomic mass is 32.1. The van der Waals surface area contributed by atoms with Gasteiger partial charge in [-0.05, 0) is 23.9 Å². The summed E-state index contributed by atoms with van der Waals surface area (Å²) in [5.41, 5.74) is 5.72. The van der Waals surface area contributed by atoms with E-state index in [1.807, 2.05) is 37.3 Å². The van der Waals surface area contributed by atoms with E-state index in [9.17, 15) is 9.90 Å². The lowest BCUT2D eigenvalue weighted by Gasteiger charge is -2.13. The second-order valence-corrected chi connectivity index (χ2v) is 5.96. The smallest absolute Gasteiger partial charge is 0.237 e. The number of fused-ring (bicyclic) bond motifs is 1. The molecule has 0 spiro atoms. The van der Waals surface area contributed by atoms with E-state index in [-0.39, 0.29) is 12.5 Å². The van der Waals surface area contributed by atoms with Gasteiger partial charge in [0, 0.05) is 16.1 Å². The molecular formula is C15H20N2O2S. The number of aliphatic hydroxyl groups excluding tert-OH is 1. The van der Waals surface area contributed by atoms with Gasteiger partial charge in [0.25, 0.3) is 0 Å². The van der Waals surface area contributed by atoms with Gasteiger partial charge in [-0.1, -0.05) is 31.5 Å². The van der Waals surface area contributed by atoms with Crippen molar-refractivity contribution in [2.75, 3.05) is 6.54 Å². The van der Waals surface area contributed by atoms with Crippen molar-refractivity contribution < 1.29 is 9.90 Å². The Morgan fingerprint density at radius 1 is 1.45 bits per heavy atom. The third-order valence-corrected chi connectivity index (χ3v) is 4.40. The summed E-state index contributed by atoms with van der Waals surface area (Å²) in [6, 6.07) is 9.44. The molecule has 1 aromatic heterocycles. The molecule has 0 aliphatic rings. The molecule has 4 N–H and O–H groups in total. The molecule has 0 saturated carbocycles. The average Bonchev–Trinajstić information content (AvgIpc) is 2.88. The highest BCUT2D eigenvalue weighted by Crippen LogP contribution is 2.29. The largest absolute Gasteiger partial charge is 0.386 e. The molecule has 0 aliphatic heterocycles. The predicted octanol–water partition coefficient (Wildman–Crippen LogP) is 2.18. The molecule has 20 heavy (non-hydrogen) atoms. The Labute approximate surface area is 122 Å². The molecule has 4 nitrogen and oxygen atoms in total. The van der Waals surface area contributed by atoms with Crippen LogP contribution in [0.1, 0.15) is 30.7 Å². The number of aliphatic hydroxyl groups is 1. The summed E-state index contributed by atoms with van der Waals surface area (Å²) in [6.45, 7) is 2.18. The Morgan fingerprint density at radius 3 is 2.90 bits per heavy atom. The third kappa shape index (κ3) is 3.56. The summed E-state index contributed by atoms with van der Waals surface area (Å²) in [7, 11) is 0. The van der Waals surface area contributed by atoms with Crippen molar-refractivity contribution in [3.05, 3.63) is 35.2 Å². The van der Waals surface area contributed by atoms with Gasteiger partial charge in [0.15, 0.2) is 0 Å². The molecule has 108 valence electrons. The van der Waals surface area contributed by atoms with Gasteiger partial charge in [0.05, 0.1) is 6.04 Å². The van der Waals surface area contributed by atoms with Gasteiger partial charge in [-0.25, -0.2) is 0 Å². The van der Waals surface area contributed by atoms with Crippen molar-refractivity contribution in [2.45, 2.75) is 31.9 Å². The zero-order chi connectivity index (χ0) is 14.5. The first-order valence-electron chi connectivity index (χ1n) is 6.81.